The van der Waals surface area contributed by atoms with Gasteiger partial charge in [0.1, 0.15) is 0 Å². The topological polar surface area (TPSA) is 39.1 Å². The van der Waals surface area contributed by atoms with Gasteiger partial charge >= 0.3 is 0 Å². The standard InChI is InChI=1S/C8H15N3O/c1-3-4-11-7-8(5-9-11)6-10-12-2/h5,7,10H,3-4,6H2,1-2H3. The third kappa shape index (κ3) is 2.64. The van der Waals surface area contributed by atoms with Gasteiger partial charge in [-0.25, -0.2) is 0 Å². The largest absolute Gasteiger partial charge is 0.305 e. The number of aryl methyl sites for hydroxylation is 1. The summed E-state index contributed by atoms with van der Waals surface area (Å²) in [6.45, 7) is 3.82. The van der Waals surface area contributed by atoms with Crippen LogP contribution in [0.4, 0.5) is 0 Å². The molecule has 4 nitrogen and oxygen atoms in total. The maximum Gasteiger partial charge on any atom is 0.0572 e. The van der Waals surface area contributed by atoms with Crippen LogP contribution in [0.2, 0.25) is 0 Å². The zero-order valence-electron chi connectivity index (χ0n) is 7.58. The van der Waals surface area contributed by atoms with Gasteiger partial charge in [0.2, 0.25) is 0 Å². The van der Waals surface area contributed by atoms with Gasteiger partial charge in [-0.15, -0.1) is 0 Å². The summed E-state index contributed by atoms with van der Waals surface area (Å²) in [7, 11) is 1.61. The first-order valence-electron chi connectivity index (χ1n) is 4.14. The molecule has 0 aliphatic heterocycles. The second-order valence-corrected chi connectivity index (χ2v) is 2.64. The first-order chi connectivity index (χ1) is 5.86. The minimum atomic E-state index is 0.709. The third-order valence-corrected chi connectivity index (χ3v) is 1.56. The molecular formula is C8H15N3O. The van der Waals surface area contributed by atoms with Crippen molar-refractivity contribution in [3.63, 3.8) is 0 Å². The van der Waals surface area contributed by atoms with E-state index < -0.39 is 0 Å². The van der Waals surface area contributed by atoms with Crippen molar-refractivity contribution in [1.29, 1.82) is 0 Å². The number of nitrogens with one attached hydrogen (secondary N) is 1. The van der Waals surface area contributed by atoms with Crippen LogP contribution >= 0.6 is 0 Å². The number of hydrogen-bond acceptors (Lipinski definition) is 3. The van der Waals surface area contributed by atoms with Crippen LogP contribution in [0.3, 0.4) is 0 Å². The third-order valence-electron chi connectivity index (χ3n) is 1.56. The molecule has 0 saturated carbocycles. The van der Waals surface area contributed by atoms with E-state index in [1.54, 1.807) is 7.11 Å². The van der Waals surface area contributed by atoms with Crippen molar-refractivity contribution in [1.82, 2.24) is 15.3 Å². The number of nitrogens with zero attached hydrogens (tertiary/aromatic N) is 2. The Labute approximate surface area is 72.5 Å². The van der Waals surface area contributed by atoms with Crippen LogP contribution in [0.1, 0.15) is 18.9 Å². The van der Waals surface area contributed by atoms with E-state index in [-0.39, 0.29) is 0 Å². The molecule has 0 bridgehead atoms. The fraction of sp³-hybridized carbons (Fsp3) is 0.625. The van der Waals surface area contributed by atoms with Gasteiger partial charge in [0.25, 0.3) is 0 Å². The molecular weight excluding hydrogens is 154 g/mol. The maximum atomic E-state index is 4.73. The molecule has 68 valence electrons. The molecule has 0 aromatic carbocycles. The van der Waals surface area contributed by atoms with Gasteiger partial charge in [-0.1, -0.05) is 6.92 Å². The highest BCUT2D eigenvalue weighted by atomic mass is 16.6. The minimum Gasteiger partial charge on any atom is -0.305 e. The van der Waals surface area contributed by atoms with Gasteiger partial charge in [0.05, 0.1) is 13.3 Å². The second kappa shape index (κ2) is 4.90. The van der Waals surface area contributed by atoms with Gasteiger partial charge < -0.3 is 4.84 Å². The van der Waals surface area contributed by atoms with E-state index in [2.05, 4.69) is 17.5 Å². The van der Waals surface area contributed by atoms with Crippen molar-refractivity contribution >= 4 is 0 Å². The highest BCUT2D eigenvalue weighted by Gasteiger charge is 1.95. The van der Waals surface area contributed by atoms with Crippen molar-refractivity contribution in [2.75, 3.05) is 7.11 Å². The molecule has 0 aliphatic carbocycles. The summed E-state index contributed by atoms with van der Waals surface area (Å²) in [5.41, 5.74) is 3.91. The van der Waals surface area contributed by atoms with E-state index >= 15 is 0 Å². The number of aromatic nitrogens is 2. The van der Waals surface area contributed by atoms with Gasteiger partial charge in [0.15, 0.2) is 0 Å². The zero-order valence-corrected chi connectivity index (χ0v) is 7.58. The molecule has 1 rings (SSSR count). The van der Waals surface area contributed by atoms with Crippen LogP contribution in [-0.2, 0) is 17.9 Å². The van der Waals surface area contributed by atoms with Crippen LogP contribution in [0.25, 0.3) is 0 Å². The fourth-order valence-corrected chi connectivity index (χ4v) is 1.00. The summed E-state index contributed by atoms with van der Waals surface area (Å²) >= 11 is 0. The summed E-state index contributed by atoms with van der Waals surface area (Å²) in [4.78, 5) is 4.73. The molecule has 1 N–H and O–H groups in total. The van der Waals surface area contributed by atoms with E-state index in [0.29, 0.717) is 6.54 Å². The Balaban J connectivity index is 2.41. The minimum absolute atomic E-state index is 0.709. The van der Waals surface area contributed by atoms with Gasteiger partial charge in [-0.05, 0) is 6.42 Å². The summed E-state index contributed by atoms with van der Waals surface area (Å²) < 4.78 is 1.94. The molecule has 0 saturated heterocycles. The number of rotatable bonds is 5. The SMILES string of the molecule is CCCn1cc(CNOC)cn1. The van der Waals surface area contributed by atoms with Crippen LogP contribution in [0.15, 0.2) is 12.4 Å². The molecule has 0 unspecified atom stereocenters. The smallest absolute Gasteiger partial charge is 0.0572 e. The molecule has 1 aromatic heterocycles. The number of hydroxylamine groups is 1. The Morgan fingerprint density at radius 3 is 3.17 bits per heavy atom. The van der Waals surface area contributed by atoms with Crippen LogP contribution in [-0.4, -0.2) is 16.9 Å². The lowest BCUT2D eigenvalue weighted by Gasteiger charge is -1.97. The van der Waals surface area contributed by atoms with Crippen molar-refractivity contribution < 1.29 is 4.84 Å². The monoisotopic (exact) mass is 169 g/mol. The maximum absolute atomic E-state index is 4.73. The second-order valence-electron chi connectivity index (χ2n) is 2.64. The normalized spacial score (nSPS) is 10.5. The molecule has 0 atom stereocenters. The van der Waals surface area contributed by atoms with Crippen LogP contribution in [0, 0.1) is 0 Å². The predicted octanol–water partition coefficient (Wildman–Crippen LogP) is 0.944. The van der Waals surface area contributed by atoms with Crippen molar-refractivity contribution in [2.45, 2.75) is 26.4 Å². The number of hydrogen-bond donors (Lipinski definition) is 1. The van der Waals surface area contributed by atoms with E-state index in [0.717, 1.165) is 18.5 Å². The predicted molar refractivity (Wildman–Crippen MR) is 46.4 cm³/mol. The van der Waals surface area contributed by atoms with E-state index in [4.69, 9.17) is 4.84 Å². The quantitative estimate of drug-likeness (QED) is 0.667. The highest BCUT2D eigenvalue weighted by molar-refractivity contribution is 5.02. The summed E-state index contributed by atoms with van der Waals surface area (Å²) in [5.74, 6) is 0. The van der Waals surface area contributed by atoms with E-state index in [1.807, 2.05) is 17.1 Å². The van der Waals surface area contributed by atoms with Gasteiger partial charge in [-0.2, -0.15) is 10.6 Å². The summed E-state index contributed by atoms with van der Waals surface area (Å²) in [5, 5.41) is 4.18. The van der Waals surface area contributed by atoms with Crippen LogP contribution < -0.4 is 5.48 Å². The fourth-order valence-electron chi connectivity index (χ4n) is 1.00. The summed E-state index contributed by atoms with van der Waals surface area (Å²) in [6, 6.07) is 0. The molecule has 1 aromatic rings. The first kappa shape index (κ1) is 9.22. The average molecular weight is 169 g/mol. The van der Waals surface area contributed by atoms with Gasteiger partial charge in [-0.3, -0.25) is 4.68 Å². The molecule has 0 radical (unpaired) electrons. The lowest BCUT2D eigenvalue weighted by Crippen LogP contribution is -2.09. The molecule has 4 heteroatoms. The molecule has 0 amide bonds. The lowest BCUT2D eigenvalue weighted by molar-refractivity contribution is 0.0867. The van der Waals surface area contributed by atoms with E-state index in [1.165, 1.54) is 0 Å². The van der Waals surface area contributed by atoms with Crippen molar-refractivity contribution in [2.24, 2.45) is 0 Å². The highest BCUT2D eigenvalue weighted by Crippen LogP contribution is 1.97. The first-order valence-corrected chi connectivity index (χ1v) is 4.14. The average Bonchev–Trinajstić information content (AvgIpc) is 2.50. The summed E-state index contributed by atoms with van der Waals surface area (Å²) in [6.07, 6.45) is 4.98. The van der Waals surface area contributed by atoms with Gasteiger partial charge in [0, 0.05) is 24.8 Å². The molecule has 0 aliphatic rings. The van der Waals surface area contributed by atoms with Crippen molar-refractivity contribution in [3.8, 4) is 0 Å². The molecule has 12 heavy (non-hydrogen) atoms. The Bertz CT molecular complexity index is 222. The van der Waals surface area contributed by atoms with E-state index in [9.17, 15) is 0 Å². The lowest BCUT2D eigenvalue weighted by atomic mass is 10.4. The molecule has 1 heterocycles. The molecule has 0 fully saturated rings. The Kier molecular flexibility index (Phi) is 3.76. The molecule has 0 spiro atoms. The Morgan fingerprint density at radius 2 is 2.50 bits per heavy atom. The van der Waals surface area contributed by atoms with Crippen molar-refractivity contribution in [3.05, 3.63) is 18.0 Å². The Hall–Kier alpha value is -0.870. The Morgan fingerprint density at radius 1 is 1.67 bits per heavy atom. The van der Waals surface area contributed by atoms with Crippen LogP contribution in [0.5, 0.6) is 0 Å². The zero-order chi connectivity index (χ0) is 8.81.